The molecule has 0 saturated heterocycles. The molecule has 1 aromatic heterocycles. The molecule has 0 radical (unpaired) electrons. The Kier molecular flexibility index (Phi) is 7.22. The number of pyridine rings is 1. The fourth-order valence-corrected chi connectivity index (χ4v) is 2.85. The van der Waals surface area contributed by atoms with Crippen LogP contribution in [-0.4, -0.2) is 35.4 Å². The van der Waals surface area contributed by atoms with Gasteiger partial charge in [-0.25, -0.2) is 4.79 Å². The number of alkyl carbamates (subject to hydrolysis) is 1. The summed E-state index contributed by atoms with van der Waals surface area (Å²) < 4.78 is 36.4. The largest absolute Gasteiger partial charge is 0.444 e. The van der Waals surface area contributed by atoms with Gasteiger partial charge in [-0.1, -0.05) is 25.4 Å². The van der Waals surface area contributed by atoms with Crippen LogP contribution in [0.4, 0.5) is 4.79 Å². The van der Waals surface area contributed by atoms with Crippen molar-refractivity contribution in [1.29, 1.82) is 0 Å². The van der Waals surface area contributed by atoms with E-state index in [4.69, 9.17) is 20.9 Å². The van der Waals surface area contributed by atoms with Crippen LogP contribution >= 0.6 is 11.6 Å². The van der Waals surface area contributed by atoms with Gasteiger partial charge in [-0.15, -0.1) is 0 Å². The number of rotatable bonds is 6. The molecule has 25 heavy (non-hydrogen) atoms. The average Bonchev–Trinajstić information content (AvgIpc) is 2.40. The molecule has 0 aromatic carbocycles. The van der Waals surface area contributed by atoms with Crippen molar-refractivity contribution in [2.75, 3.05) is 5.75 Å². The van der Waals surface area contributed by atoms with Crippen molar-refractivity contribution in [2.45, 2.75) is 52.7 Å². The fourth-order valence-electron chi connectivity index (χ4n) is 2.20. The molecule has 1 aromatic rings. The van der Waals surface area contributed by atoms with Gasteiger partial charge in [0.25, 0.3) is 10.1 Å². The summed E-state index contributed by atoms with van der Waals surface area (Å²) in [5, 5.41) is 3.11. The molecule has 1 heterocycles. The van der Waals surface area contributed by atoms with Crippen LogP contribution in [0.1, 0.15) is 51.9 Å². The van der Waals surface area contributed by atoms with Gasteiger partial charge in [0.15, 0.2) is 0 Å². The van der Waals surface area contributed by atoms with E-state index in [0.717, 1.165) is 0 Å². The minimum Gasteiger partial charge on any atom is -0.444 e. The summed E-state index contributed by atoms with van der Waals surface area (Å²) in [6.45, 7) is 9.06. The van der Waals surface area contributed by atoms with Crippen LogP contribution in [0.2, 0.25) is 5.02 Å². The van der Waals surface area contributed by atoms with E-state index in [1.54, 1.807) is 26.8 Å². The highest BCUT2D eigenvalue weighted by Crippen LogP contribution is 2.26. The number of nitrogens with zero attached hydrogens (tertiary/aromatic N) is 1. The highest BCUT2D eigenvalue weighted by Gasteiger charge is 2.26. The maximum atomic E-state index is 12.1. The molecule has 1 rings (SSSR count). The second-order valence-corrected chi connectivity index (χ2v) is 9.11. The molecule has 2 N–H and O–H groups in total. The zero-order valence-electron chi connectivity index (χ0n) is 15.0. The van der Waals surface area contributed by atoms with E-state index in [0.29, 0.717) is 16.3 Å². The van der Waals surface area contributed by atoms with Crippen LogP contribution in [0.25, 0.3) is 0 Å². The summed E-state index contributed by atoms with van der Waals surface area (Å²) in [6, 6.07) is 1.09. The van der Waals surface area contributed by atoms with E-state index in [-0.39, 0.29) is 12.3 Å². The Hall–Kier alpha value is -1.38. The van der Waals surface area contributed by atoms with E-state index in [1.807, 2.05) is 13.8 Å². The molecule has 0 spiro atoms. The fraction of sp³-hybridized carbons (Fsp3) is 0.625. The lowest BCUT2D eigenvalue weighted by molar-refractivity contribution is 0.0487. The lowest BCUT2D eigenvalue weighted by Crippen LogP contribution is -2.37. The first-order valence-electron chi connectivity index (χ1n) is 7.87. The van der Waals surface area contributed by atoms with Gasteiger partial charge >= 0.3 is 6.09 Å². The van der Waals surface area contributed by atoms with Crippen molar-refractivity contribution in [2.24, 2.45) is 5.92 Å². The van der Waals surface area contributed by atoms with Crippen LogP contribution in [0.3, 0.4) is 0 Å². The summed E-state index contributed by atoms with van der Waals surface area (Å²) >= 11 is 5.96. The monoisotopic (exact) mass is 392 g/mol. The normalized spacial score (nSPS) is 13.6. The molecule has 0 aliphatic rings. The number of carbonyl (C=O) groups excluding carboxylic acids is 1. The predicted molar refractivity (Wildman–Crippen MR) is 96.3 cm³/mol. The van der Waals surface area contributed by atoms with E-state index in [1.165, 1.54) is 6.20 Å². The third-order valence-electron chi connectivity index (χ3n) is 3.23. The molecule has 9 heteroatoms. The zero-order valence-corrected chi connectivity index (χ0v) is 16.6. The number of halogens is 1. The van der Waals surface area contributed by atoms with Gasteiger partial charge in [-0.3, -0.25) is 9.54 Å². The molecule has 1 amide bonds. The van der Waals surface area contributed by atoms with Crippen molar-refractivity contribution < 1.29 is 22.5 Å². The number of hydrogen-bond donors (Lipinski definition) is 2. The lowest BCUT2D eigenvalue weighted by Gasteiger charge is -2.26. The number of ether oxygens (including phenoxy) is 1. The standard InChI is InChI=1S/C16H25ClN2O5S/c1-10(2)13(19-15(20)24-16(3,4)5)14-11(6-7-25(21,22)23)8-12(17)9-18-14/h8-10,13H,6-7H2,1-5H3,(H,19,20)(H,21,22,23). The molecular weight excluding hydrogens is 368 g/mol. The summed E-state index contributed by atoms with van der Waals surface area (Å²) in [6.07, 6.45) is 0.865. The van der Waals surface area contributed by atoms with Gasteiger partial charge in [-0.2, -0.15) is 8.42 Å². The Morgan fingerprint density at radius 1 is 1.40 bits per heavy atom. The highest BCUT2D eigenvalue weighted by atomic mass is 35.5. The van der Waals surface area contributed by atoms with Crippen LogP contribution < -0.4 is 5.32 Å². The third kappa shape index (κ3) is 8.02. The first-order valence-corrected chi connectivity index (χ1v) is 9.86. The predicted octanol–water partition coefficient (Wildman–Crippen LogP) is 3.39. The van der Waals surface area contributed by atoms with Crippen molar-refractivity contribution >= 4 is 27.8 Å². The quantitative estimate of drug-likeness (QED) is 0.719. The first-order chi connectivity index (χ1) is 11.3. The summed E-state index contributed by atoms with van der Waals surface area (Å²) in [4.78, 5) is 16.4. The van der Waals surface area contributed by atoms with Gasteiger partial charge in [0, 0.05) is 6.20 Å². The molecule has 0 aliphatic heterocycles. The molecule has 7 nitrogen and oxygen atoms in total. The molecule has 1 unspecified atom stereocenters. The van der Waals surface area contributed by atoms with Crippen LogP contribution in [0, 0.1) is 5.92 Å². The number of hydrogen-bond acceptors (Lipinski definition) is 5. The molecule has 0 bridgehead atoms. The molecule has 0 aliphatic carbocycles. The Morgan fingerprint density at radius 3 is 2.48 bits per heavy atom. The second-order valence-electron chi connectivity index (χ2n) is 7.10. The summed E-state index contributed by atoms with van der Waals surface area (Å²) in [7, 11) is -4.13. The van der Waals surface area contributed by atoms with E-state index < -0.39 is 33.6 Å². The Labute approximate surface area is 153 Å². The Balaban J connectivity index is 3.12. The number of nitrogens with one attached hydrogen (secondary N) is 1. The third-order valence-corrected chi connectivity index (χ3v) is 4.16. The Bertz CT molecular complexity index is 714. The topological polar surface area (TPSA) is 106 Å². The maximum absolute atomic E-state index is 12.1. The maximum Gasteiger partial charge on any atom is 0.408 e. The van der Waals surface area contributed by atoms with Crippen LogP contribution in [-0.2, 0) is 21.3 Å². The van der Waals surface area contributed by atoms with Gasteiger partial charge in [0.05, 0.1) is 22.5 Å². The second kappa shape index (κ2) is 8.33. The van der Waals surface area contributed by atoms with Crippen molar-refractivity contribution in [1.82, 2.24) is 10.3 Å². The number of aryl methyl sites for hydroxylation is 1. The SMILES string of the molecule is CC(C)C(NC(=O)OC(C)(C)C)c1ncc(Cl)cc1CCS(=O)(=O)O. The van der Waals surface area contributed by atoms with Gasteiger partial charge in [-0.05, 0) is 44.7 Å². The zero-order chi connectivity index (χ0) is 19.4. The van der Waals surface area contributed by atoms with Crippen LogP contribution in [0.5, 0.6) is 0 Å². The van der Waals surface area contributed by atoms with Crippen LogP contribution in [0.15, 0.2) is 12.3 Å². The van der Waals surface area contributed by atoms with E-state index in [9.17, 15) is 13.2 Å². The van der Waals surface area contributed by atoms with Crippen molar-refractivity contribution in [3.63, 3.8) is 0 Å². The first kappa shape index (κ1) is 21.7. The molecule has 142 valence electrons. The van der Waals surface area contributed by atoms with Crippen molar-refractivity contribution in [3.05, 3.63) is 28.5 Å². The van der Waals surface area contributed by atoms with E-state index in [2.05, 4.69) is 10.3 Å². The Morgan fingerprint density at radius 2 is 2.00 bits per heavy atom. The summed E-state index contributed by atoms with van der Waals surface area (Å²) in [5.41, 5.74) is 0.390. The molecule has 0 fully saturated rings. The smallest absolute Gasteiger partial charge is 0.408 e. The minimum atomic E-state index is -4.13. The molecule has 0 saturated carbocycles. The number of amides is 1. The van der Waals surface area contributed by atoms with Gasteiger partial charge in [0.2, 0.25) is 0 Å². The lowest BCUT2D eigenvalue weighted by atomic mass is 9.96. The van der Waals surface area contributed by atoms with E-state index >= 15 is 0 Å². The van der Waals surface area contributed by atoms with Crippen molar-refractivity contribution in [3.8, 4) is 0 Å². The highest BCUT2D eigenvalue weighted by molar-refractivity contribution is 7.85. The van der Waals surface area contributed by atoms with Gasteiger partial charge < -0.3 is 10.1 Å². The molecular formula is C16H25ClN2O5S. The van der Waals surface area contributed by atoms with Gasteiger partial charge in [0.1, 0.15) is 5.60 Å². The average molecular weight is 393 g/mol. The number of aromatic nitrogens is 1. The molecule has 1 atom stereocenters. The number of carbonyl (C=O) groups is 1. The summed E-state index contributed by atoms with van der Waals surface area (Å²) in [5.74, 6) is -0.495. The minimum absolute atomic E-state index is 0.0287.